The minimum Gasteiger partial charge on any atom is -0.492 e. The first-order valence-corrected chi connectivity index (χ1v) is 7.75. The Balaban J connectivity index is 2.58. The van der Waals surface area contributed by atoms with Crippen molar-refractivity contribution in [3.63, 3.8) is 0 Å². The summed E-state index contributed by atoms with van der Waals surface area (Å²) in [6.45, 7) is 6.06. The number of benzene rings is 1. The van der Waals surface area contributed by atoms with Crippen LogP contribution in [0.1, 0.15) is 19.4 Å². The molecule has 0 heterocycles. The fraction of sp³-hybridized carbons (Fsp3) is 0.462. The van der Waals surface area contributed by atoms with Crippen molar-refractivity contribution in [2.24, 2.45) is 0 Å². The Bertz CT molecular complexity index is 416. The first-order valence-electron chi connectivity index (χ1n) is 6.16. The number of carbonyl (C=O) groups is 1. The molecule has 0 atom stereocenters. The molecule has 0 fully saturated rings. The van der Waals surface area contributed by atoms with Crippen molar-refractivity contribution in [2.75, 3.05) is 19.7 Å². The van der Waals surface area contributed by atoms with E-state index in [1.165, 1.54) is 0 Å². The molecule has 0 saturated heterocycles. The Labute approximate surface area is 130 Å². The van der Waals surface area contributed by atoms with Crippen LogP contribution in [0, 0.1) is 0 Å². The molecule has 0 radical (unpaired) electrons. The summed E-state index contributed by atoms with van der Waals surface area (Å²) in [6, 6.07) is 3.97. The van der Waals surface area contributed by atoms with Crippen LogP contribution >= 0.6 is 31.9 Å². The molecular weight excluding hydrogens is 376 g/mol. The number of carbonyl (C=O) groups excluding carboxylic acids is 1. The summed E-state index contributed by atoms with van der Waals surface area (Å²) >= 11 is 6.97. The van der Waals surface area contributed by atoms with Gasteiger partial charge < -0.3 is 15.4 Å². The molecule has 0 aliphatic heterocycles. The maximum absolute atomic E-state index is 11.3. The van der Waals surface area contributed by atoms with Gasteiger partial charge in [-0.2, -0.15) is 0 Å². The third-order valence-electron chi connectivity index (χ3n) is 2.34. The first kappa shape index (κ1) is 16.5. The van der Waals surface area contributed by atoms with Gasteiger partial charge in [0, 0.05) is 13.1 Å². The summed E-state index contributed by atoms with van der Waals surface area (Å²) in [7, 11) is 0. The second kappa shape index (κ2) is 8.55. The highest BCUT2D eigenvalue weighted by atomic mass is 79.9. The Hall–Kier alpha value is -0.590. The van der Waals surface area contributed by atoms with Gasteiger partial charge in [-0.15, -0.1) is 0 Å². The molecule has 0 aliphatic carbocycles. The van der Waals surface area contributed by atoms with E-state index in [1.54, 1.807) is 0 Å². The van der Waals surface area contributed by atoms with Gasteiger partial charge in [-0.1, -0.05) is 0 Å². The van der Waals surface area contributed by atoms with Crippen molar-refractivity contribution in [3.05, 3.63) is 26.6 Å². The molecule has 2 N–H and O–H groups in total. The number of nitrogens with one attached hydrogen (secondary N) is 2. The fourth-order valence-corrected chi connectivity index (χ4v) is 3.09. The lowest BCUT2D eigenvalue weighted by Gasteiger charge is -2.11. The Morgan fingerprint density at radius 2 is 1.89 bits per heavy atom. The largest absolute Gasteiger partial charge is 0.492 e. The molecule has 1 rings (SSSR count). The van der Waals surface area contributed by atoms with E-state index >= 15 is 0 Å². The van der Waals surface area contributed by atoms with Gasteiger partial charge in [-0.3, -0.25) is 4.79 Å². The number of halogens is 2. The molecule has 0 saturated carbocycles. The Morgan fingerprint density at radius 1 is 1.26 bits per heavy atom. The van der Waals surface area contributed by atoms with Crippen molar-refractivity contribution in [3.8, 4) is 5.75 Å². The zero-order valence-electron chi connectivity index (χ0n) is 11.1. The number of hydrogen-bond donors (Lipinski definition) is 2. The standard InChI is InChI=1S/C13H18Br2N2O2/c1-3-17-12(18)8-16-7-9-5-10(14)13(19-4-2)11(15)6-9/h5-6,16H,3-4,7-8H2,1-2H3,(H,17,18). The molecule has 19 heavy (non-hydrogen) atoms. The van der Waals surface area contributed by atoms with Crippen LogP contribution in [0.4, 0.5) is 0 Å². The molecular formula is C13H18Br2N2O2. The van der Waals surface area contributed by atoms with E-state index in [-0.39, 0.29) is 5.91 Å². The zero-order chi connectivity index (χ0) is 14.3. The van der Waals surface area contributed by atoms with E-state index in [9.17, 15) is 4.79 Å². The van der Waals surface area contributed by atoms with Crippen LogP contribution in [0.2, 0.25) is 0 Å². The number of rotatable bonds is 7. The van der Waals surface area contributed by atoms with Crippen molar-refractivity contribution in [1.82, 2.24) is 10.6 Å². The summed E-state index contributed by atoms with van der Waals surface area (Å²) in [6.07, 6.45) is 0. The maximum Gasteiger partial charge on any atom is 0.233 e. The minimum atomic E-state index is 0.00608. The van der Waals surface area contributed by atoms with Crippen molar-refractivity contribution >= 4 is 37.8 Å². The normalized spacial score (nSPS) is 10.3. The molecule has 0 spiro atoms. The maximum atomic E-state index is 11.3. The van der Waals surface area contributed by atoms with E-state index in [1.807, 2.05) is 26.0 Å². The van der Waals surface area contributed by atoms with Gasteiger partial charge in [0.15, 0.2) is 0 Å². The highest BCUT2D eigenvalue weighted by Gasteiger charge is 2.08. The number of likely N-dealkylation sites (N-methyl/N-ethyl adjacent to an activating group) is 1. The number of amides is 1. The second-order valence-electron chi connectivity index (χ2n) is 3.88. The molecule has 1 aromatic rings. The first-order chi connectivity index (χ1) is 9.08. The van der Waals surface area contributed by atoms with Crippen molar-refractivity contribution in [2.45, 2.75) is 20.4 Å². The van der Waals surface area contributed by atoms with Crippen molar-refractivity contribution < 1.29 is 9.53 Å². The summed E-state index contributed by atoms with van der Waals surface area (Å²) in [5, 5.41) is 5.84. The quantitative estimate of drug-likeness (QED) is 0.748. The smallest absolute Gasteiger partial charge is 0.233 e. The van der Waals surface area contributed by atoms with Crippen LogP contribution < -0.4 is 15.4 Å². The fourth-order valence-electron chi connectivity index (χ4n) is 1.58. The molecule has 0 unspecified atom stereocenters. The van der Waals surface area contributed by atoms with Gasteiger partial charge in [0.1, 0.15) is 5.75 Å². The van der Waals surface area contributed by atoms with Gasteiger partial charge in [0.2, 0.25) is 5.91 Å². The van der Waals surface area contributed by atoms with Gasteiger partial charge in [-0.25, -0.2) is 0 Å². The average molecular weight is 394 g/mol. The van der Waals surface area contributed by atoms with Gasteiger partial charge in [0.05, 0.1) is 22.1 Å². The van der Waals surface area contributed by atoms with Crippen LogP contribution in [-0.2, 0) is 11.3 Å². The lowest BCUT2D eigenvalue weighted by molar-refractivity contribution is -0.120. The van der Waals surface area contributed by atoms with Crippen LogP contribution in [0.25, 0.3) is 0 Å². The second-order valence-corrected chi connectivity index (χ2v) is 5.59. The van der Waals surface area contributed by atoms with E-state index in [0.717, 1.165) is 20.3 Å². The number of hydrogen-bond acceptors (Lipinski definition) is 3. The summed E-state index contributed by atoms with van der Waals surface area (Å²) in [4.78, 5) is 11.3. The molecule has 6 heteroatoms. The van der Waals surface area contributed by atoms with Gasteiger partial charge >= 0.3 is 0 Å². The molecule has 4 nitrogen and oxygen atoms in total. The van der Waals surface area contributed by atoms with Gasteiger partial charge in [0.25, 0.3) is 0 Å². The Morgan fingerprint density at radius 3 is 2.42 bits per heavy atom. The van der Waals surface area contributed by atoms with Crippen molar-refractivity contribution in [1.29, 1.82) is 0 Å². The molecule has 1 amide bonds. The predicted octanol–water partition coefficient (Wildman–Crippen LogP) is 2.84. The van der Waals surface area contributed by atoms with Gasteiger partial charge in [-0.05, 0) is 63.4 Å². The Kier molecular flexibility index (Phi) is 7.41. The molecule has 106 valence electrons. The third-order valence-corrected chi connectivity index (χ3v) is 3.51. The van der Waals surface area contributed by atoms with E-state index in [2.05, 4.69) is 42.5 Å². The number of ether oxygens (including phenoxy) is 1. The third kappa shape index (κ3) is 5.50. The van der Waals surface area contributed by atoms with E-state index < -0.39 is 0 Å². The highest BCUT2D eigenvalue weighted by molar-refractivity contribution is 9.11. The predicted molar refractivity (Wildman–Crippen MR) is 83.4 cm³/mol. The average Bonchev–Trinajstić information content (AvgIpc) is 2.34. The van der Waals surface area contributed by atoms with Crippen LogP contribution in [-0.4, -0.2) is 25.6 Å². The zero-order valence-corrected chi connectivity index (χ0v) is 14.2. The molecule has 0 aromatic heterocycles. The molecule has 0 bridgehead atoms. The van der Waals surface area contributed by atoms with E-state index in [4.69, 9.17) is 4.74 Å². The van der Waals surface area contributed by atoms with Crippen LogP contribution in [0.5, 0.6) is 5.75 Å². The lowest BCUT2D eigenvalue weighted by Crippen LogP contribution is -2.33. The monoisotopic (exact) mass is 392 g/mol. The molecule has 0 aliphatic rings. The topological polar surface area (TPSA) is 50.4 Å². The van der Waals surface area contributed by atoms with E-state index in [0.29, 0.717) is 26.2 Å². The van der Waals surface area contributed by atoms with Crippen LogP contribution in [0.15, 0.2) is 21.1 Å². The summed E-state index contributed by atoms with van der Waals surface area (Å²) in [5.41, 5.74) is 1.08. The molecule has 1 aromatic carbocycles. The SMILES string of the molecule is CCNC(=O)CNCc1cc(Br)c(OCC)c(Br)c1. The minimum absolute atomic E-state index is 0.00608. The lowest BCUT2D eigenvalue weighted by atomic mass is 10.2. The van der Waals surface area contributed by atoms with Crippen LogP contribution in [0.3, 0.4) is 0 Å². The highest BCUT2D eigenvalue weighted by Crippen LogP contribution is 2.34. The summed E-state index contributed by atoms with van der Waals surface area (Å²) in [5.74, 6) is 0.807. The summed E-state index contributed by atoms with van der Waals surface area (Å²) < 4.78 is 7.32.